The molecule has 8 heteroatoms. The van der Waals surface area contributed by atoms with Crippen LogP contribution in [0.4, 0.5) is 4.39 Å². The maximum absolute atomic E-state index is 12.9. The smallest absolute Gasteiger partial charge is 0.260 e. The first kappa shape index (κ1) is 16.6. The standard InChI is InChI=1S/C14H18FN3O3S/c1-2-13-16-9-14(17-13)22(20,21)18(7-8-19)10-11-3-5-12(15)6-4-11/h3-6,9,19H,2,7-8,10H2,1H3,(H,16,17). The summed E-state index contributed by atoms with van der Waals surface area (Å²) in [5, 5.41) is 9.11. The summed E-state index contributed by atoms with van der Waals surface area (Å²) in [5.74, 6) is 0.186. The van der Waals surface area contributed by atoms with Crippen LogP contribution in [0.1, 0.15) is 18.3 Å². The number of H-pyrrole nitrogens is 1. The number of nitrogens with zero attached hydrogens (tertiary/aromatic N) is 2. The number of hydrogen-bond acceptors (Lipinski definition) is 4. The molecule has 1 aromatic heterocycles. The molecule has 2 rings (SSSR count). The molecule has 6 nitrogen and oxygen atoms in total. The summed E-state index contributed by atoms with van der Waals surface area (Å²) in [4.78, 5) is 6.74. The molecule has 0 saturated carbocycles. The Kier molecular flexibility index (Phi) is 5.28. The molecule has 0 fully saturated rings. The number of sulfonamides is 1. The van der Waals surface area contributed by atoms with E-state index in [2.05, 4.69) is 9.97 Å². The van der Waals surface area contributed by atoms with Crippen molar-refractivity contribution in [3.05, 3.63) is 47.7 Å². The second-order valence-corrected chi connectivity index (χ2v) is 6.64. The van der Waals surface area contributed by atoms with E-state index in [-0.39, 0.29) is 30.5 Å². The van der Waals surface area contributed by atoms with Gasteiger partial charge in [0.05, 0.1) is 12.8 Å². The average Bonchev–Trinajstić information content (AvgIpc) is 2.98. The number of aryl methyl sites for hydroxylation is 1. The predicted molar refractivity (Wildman–Crippen MR) is 79.0 cm³/mol. The van der Waals surface area contributed by atoms with Crippen LogP contribution in [0.5, 0.6) is 0 Å². The minimum Gasteiger partial charge on any atom is -0.395 e. The molecule has 0 radical (unpaired) electrons. The normalized spacial score (nSPS) is 12.0. The van der Waals surface area contributed by atoms with Gasteiger partial charge >= 0.3 is 0 Å². The van der Waals surface area contributed by atoms with Crippen molar-refractivity contribution in [2.45, 2.75) is 24.9 Å². The number of nitrogens with one attached hydrogen (secondary N) is 1. The highest BCUT2D eigenvalue weighted by Crippen LogP contribution is 2.17. The van der Waals surface area contributed by atoms with Gasteiger partial charge in [-0.3, -0.25) is 0 Å². The van der Waals surface area contributed by atoms with Crippen LogP contribution in [0.3, 0.4) is 0 Å². The monoisotopic (exact) mass is 327 g/mol. The zero-order valence-electron chi connectivity index (χ0n) is 12.2. The second-order valence-electron chi connectivity index (χ2n) is 4.74. The SMILES string of the molecule is CCc1ncc(S(=O)(=O)N(CCO)Cc2ccc(F)cc2)[nH]1. The Morgan fingerprint density at radius 1 is 1.32 bits per heavy atom. The number of benzene rings is 1. The molecule has 0 amide bonds. The molecule has 22 heavy (non-hydrogen) atoms. The van der Waals surface area contributed by atoms with E-state index in [4.69, 9.17) is 5.11 Å². The lowest BCUT2D eigenvalue weighted by atomic mass is 10.2. The fraction of sp³-hybridized carbons (Fsp3) is 0.357. The van der Waals surface area contributed by atoms with Gasteiger partial charge in [-0.25, -0.2) is 17.8 Å². The summed E-state index contributed by atoms with van der Waals surface area (Å²) in [5.41, 5.74) is 0.633. The molecule has 1 heterocycles. The van der Waals surface area contributed by atoms with Gasteiger partial charge in [-0.1, -0.05) is 19.1 Å². The van der Waals surface area contributed by atoms with Crippen molar-refractivity contribution in [1.29, 1.82) is 0 Å². The van der Waals surface area contributed by atoms with Gasteiger partial charge in [-0.05, 0) is 17.7 Å². The van der Waals surface area contributed by atoms with Gasteiger partial charge in [0.1, 0.15) is 11.6 Å². The Morgan fingerprint density at radius 2 is 2.00 bits per heavy atom. The minimum atomic E-state index is -3.80. The average molecular weight is 327 g/mol. The molecule has 0 unspecified atom stereocenters. The lowest BCUT2D eigenvalue weighted by molar-refractivity contribution is 0.251. The number of hydrogen-bond donors (Lipinski definition) is 2. The zero-order valence-corrected chi connectivity index (χ0v) is 13.0. The lowest BCUT2D eigenvalue weighted by Gasteiger charge is -2.20. The molecular weight excluding hydrogens is 309 g/mol. The number of rotatable bonds is 7. The Bertz CT molecular complexity index is 713. The number of halogens is 1. The first-order valence-electron chi connectivity index (χ1n) is 6.86. The zero-order chi connectivity index (χ0) is 16.2. The van der Waals surface area contributed by atoms with Crippen molar-refractivity contribution in [2.24, 2.45) is 0 Å². The van der Waals surface area contributed by atoms with E-state index in [0.29, 0.717) is 17.8 Å². The van der Waals surface area contributed by atoms with Crippen molar-refractivity contribution in [3.8, 4) is 0 Å². The van der Waals surface area contributed by atoms with E-state index < -0.39 is 10.0 Å². The number of aliphatic hydroxyl groups excluding tert-OH is 1. The molecule has 0 bridgehead atoms. The number of aromatic amines is 1. The minimum absolute atomic E-state index is 0.0140. The quantitative estimate of drug-likeness (QED) is 0.802. The van der Waals surface area contributed by atoms with Crippen LogP contribution >= 0.6 is 0 Å². The van der Waals surface area contributed by atoms with E-state index in [1.54, 1.807) is 0 Å². The Balaban J connectivity index is 2.27. The molecule has 0 aliphatic carbocycles. The lowest BCUT2D eigenvalue weighted by Crippen LogP contribution is -2.33. The molecule has 0 aliphatic heterocycles. The van der Waals surface area contributed by atoms with Crippen molar-refractivity contribution in [2.75, 3.05) is 13.2 Å². The summed E-state index contributed by atoms with van der Waals surface area (Å²) in [6, 6.07) is 5.56. The first-order valence-corrected chi connectivity index (χ1v) is 8.30. The van der Waals surface area contributed by atoms with Crippen LogP contribution in [-0.2, 0) is 23.0 Å². The topological polar surface area (TPSA) is 86.3 Å². The molecule has 0 aliphatic rings. The van der Waals surface area contributed by atoms with Gasteiger partial charge in [0.2, 0.25) is 0 Å². The van der Waals surface area contributed by atoms with E-state index >= 15 is 0 Å². The predicted octanol–water partition coefficient (Wildman–Crippen LogP) is 1.29. The molecule has 120 valence electrons. The van der Waals surface area contributed by atoms with Gasteiger partial charge < -0.3 is 10.1 Å². The molecular formula is C14H18FN3O3S. The molecule has 1 aromatic carbocycles. The van der Waals surface area contributed by atoms with E-state index in [1.807, 2.05) is 6.92 Å². The van der Waals surface area contributed by atoms with Crippen LogP contribution in [0.2, 0.25) is 0 Å². The second kappa shape index (κ2) is 6.99. The largest absolute Gasteiger partial charge is 0.395 e. The van der Waals surface area contributed by atoms with Crippen molar-refractivity contribution in [1.82, 2.24) is 14.3 Å². The third-order valence-corrected chi connectivity index (χ3v) is 4.93. The molecule has 2 N–H and O–H groups in total. The number of aromatic nitrogens is 2. The van der Waals surface area contributed by atoms with Crippen LogP contribution in [0.15, 0.2) is 35.5 Å². The number of imidazole rings is 1. The highest BCUT2D eigenvalue weighted by Gasteiger charge is 2.26. The molecule has 0 saturated heterocycles. The van der Waals surface area contributed by atoms with Gasteiger partial charge in [-0.2, -0.15) is 4.31 Å². The first-order chi connectivity index (χ1) is 10.5. The Labute approximate surface area is 128 Å². The van der Waals surface area contributed by atoms with Crippen LogP contribution < -0.4 is 0 Å². The van der Waals surface area contributed by atoms with Crippen molar-refractivity contribution >= 4 is 10.0 Å². The van der Waals surface area contributed by atoms with E-state index in [1.165, 1.54) is 30.5 Å². The summed E-state index contributed by atoms with van der Waals surface area (Å²) in [6.07, 6.45) is 1.86. The highest BCUT2D eigenvalue weighted by molar-refractivity contribution is 7.89. The van der Waals surface area contributed by atoms with Gasteiger partial charge in [0.25, 0.3) is 10.0 Å². The Hall–Kier alpha value is -1.77. The van der Waals surface area contributed by atoms with Crippen LogP contribution in [-0.4, -0.2) is 40.9 Å². The van der Waals surface area contributed by atoms with Gasteiger partial charge in [-0.15, -0.1) is 0 Å². The molecule has 2 aromatic rings. The van der Waals surface area contributed by atoms with Crippen molar-refractivity contribution < 1.29 is 17.9 Å². The van der Waals surface area contributed by atoms with E-state index in [0.717, 1.165) is 4.31 Å². The summed E-state index contributed by atoms with van der Waals surface area (Å²) in [6.45, 7) is 1.54. The summed E-state index contributed by atoms with van der Waals surface area (Å²) in [7, 11) is -3.80. The number of aliphatic hydroxyl groups is 1. The van der Waals surface area contributed by atoms with Crippen molar-refractivity contribution in [3.63, 3.8) is 0 Å². The van der Waals surface area contributed by atoms with Gasteiger partial charge in [0, 0.05) is 19.5 Å². The summed E-state index contributed by atoms with van der Waals surface area (Å²) < 4.78 is 39.2. The Morgan fingerprint density at radius 3 is 2.55 bits per heavy atom. The van der Waals surface area contributed by atoms with E-state index in [9.17, 15) is 12.8 Å². The van der Waals surface area contributed by atoms with Crippen LogP contribution in [0.25, 0.3) is 0 Å². The molecule has 0 atom stereocenters. The van der Waals surface area contributed by atoms with Gasteiger partial charge in [0.15, 0.2) is 5.03 Å². The maximum atomic E-state index is 12.9. The molecule has 0 spiro atoms. The fourth-order valence-electron chi connectivity index (χ4n) is 1.98. The van der Waals surface area contributed by atoms with Crippen LogP contribution in [0, 0.1) is 5.82 Å². The third kappa shape index (κ3) is 3.70. The maximum Gasteiger partial charge on any atom is 0.260 e. The fourth-order valence-corrected chi connectivity index (χ4v) is 3.33. The highest BCUT2D eigenvalue weighted by atomic mass is 32.2. The summed E-state index contributed by atoms with van der Waals surface area (Å²) >= 11 is 0. The third-order valence-electron chi connectivity index (χ3n) is 3.18.